The quantitative estimate of drug-likeness (QED) is 0.237. The lowest BCUT2D eigenvalue weighted by molar-refractivity contribution is -0.664. The molecule has 0 radical (unpaired) electrons. The molecule has 0 aliphatic carbocycles. The van der Waals surface area contributed by atoms with E-state index in [2.05, 4.69) is 10.3 Å². The van der Waals surface area contributed by atoms with Crippen molar-refractivity contribution >= 4 is 75.5 Å². The molecule has 0 saturated carbocycles. The molecular weight excluding hydrogens is 531 g/mol. The lowest BCUT2D eigenvalue weighted by Crippen LogP contribution is -2.71. The third kappa shape index (κ3) is 4.63. The van der Waals surface area contributed by atoms with Crippen LogP contribution in [-0.4, -0.2) is 55.7 Å². The fourth-order valence-electron chi connectivity index (χ4n) is 4.17. The number of nitrogens with one attached hydrogen (secondary N) is 2. The van der Waals surface area contributed by atoms with E-state index in [0.717, 1.165) is 11.0 Å². The highest BCUT2D eigenvalue weighted by atomic mass is 35.5. The van der Waals surface area contributed by atoms with Gasteiger partial charge in [-0.15, -0.1) is 23.5 Å². The summed E-state index contributed by atoms with van der Waals surface area (Å²) in [4.78, 5) is 42.7. The number of hydrogen-bond acceptors (Lipinski definition) is 5. The number of fused-ring (bicyclic) bond motifs is 2. The molecule has 5 rings (SSSR count). The topological polar surface area (TPSA) is 106 Å². The van der Waals surface area contributed by atoms with Crippen LogP contribution in [0, 0.1) is 0 Å². The van der Waals surface area contributed by atoms with Gasteiger partial charge in [-0.05, 0) is 36.4 Å². The van der Waals surface area contributed by atoms with E-state index < -0.39 is 23.3 Å². The second kappa shape index (κ2) is 9.77. The van der Waals surface area contributed by atoms with Gasteiger partial charge in [-0.1, -0.05) is 23.2 Å². The smallest absolute Gasteiger partial charge is 0.352 e. The van der Waals surface area contributed by atoms with Crippen molar-refractivity contribution in [2.24, 2.45) is 0 Å². The Kier molecular flexibility index (Phi) is 6.71. The molecule has 3 aromatic rings. The van der Waals surface area contributed by atoms with Gasteiger partial charge in [0.1, 0.15) is 23.7 Å². The Bertz CT molecular complexity index is 1390. The molecule has 4 heterocycles. The highest BCUT2D eigenvalue weighted by Gasteiger charge is 2.54. The first kappa shape index (κ1) is 24.1. The Labute approximate surface area is 218 Å². The number of H-pyrrole nitrogens is 1. The van der Waals surface area contributed by atoms with Gasteiger partial charge in [0.05, 0.1) is 28.6 Å². The fourth-order valence-corrected chi connectivity index (χ4v) is 6.81. The molecular formula is C23H19Cl2N4O4S2+. The summed E-state index contributed by atoms with van der Waals surface area (Å²) in [5.41, 5.74) is 1.49. The third-order valence-electron chi connectivity index (χ3n) is 5.76. The van der Waals surface area contributed by atoms with Crippen LogP contribution in [0.3, 0.4) is 0 Å². The maximum absolute atomic E-state index is 12.9. The number of halogens is 2. The molecule has 1 saturated heterocycles. The van der Waals surface area contributed by atoms with Crippen molar-refractivity contribution in [3.63, 3.8) is 0 Å². The number of carbonyl (C=O) groups is 3. The van der Waals surface area contributed by atoms with Crippen LogP contribution in [0.15, 0.2) is 65.0 Å². The van der Waals surface area contributed by atoms with Crippen LogP contribution in [0.4, 0.5) is 0 Å². The number of β-lactam (4-membered cyclic amide) rings is 1. The summed E-state index contributed by atoms with van der Waals surface area (Å²) in [7, 11) is 0. The number of carbonyl (C=O) groups excluding carboxylic acids is 2. The molecule has 1 aromatic carbocycles. The normalized spacial score (nSPS) is 19.5. The second-order valence-corrected chi connectivity index (χ2v) is 11.0. The van der Waals surface area contributed by atoms with Crippen molar-refractivity contribution in [1.82, 2.24) is 15.2 Å². The number of carboxylic acids is 1. The van der Waals surface area contributed by atoms with Gasteiger partial charge in [-0.2, -0.15) is 0 Å². The SMILES string of the molecule is O=C(CSc1cc(Cl)ccc1Cl)N[C@@H]1C(=O)N2C(C(=O)O)=C(C[n+]3cccc4cc[nH]c43)CS[C@H]12. The number of nitrogens with zero attached hydrogens (tertiary/aromatic N) is 2. The van der Waals surface area contributed by atoms with Crippen LogP contribution >= 0.6 is 46.7 Å². The van der Waals surface area contributed by atoms with Crippen molar-refractivity contribution in [2.45, 2.75) is 22.9 Å². The molecule has 3 N–H and O–H groups in total. The standard InChI is InChI=1S/C23H18Cl2N4O4S2/c24-14-3-4-15(25)16(8-14)34-11-17(30)27-18-21(31)29-19(23(32)33)13(10-35-22(18)29)9-28-7-1-2-12-5-6-26-20(12)28/h1-8,18,22H,9-11H2,(H2,27,30,32,33)/p+1/t18-,22-/m1/s1. The van der Waals surface area contributed by atoms with Crippen LogP contribution in [0.1, 0.15) is 0 Å². The maximum atomic E-state index is 12.9. The van der Waals surface area contributed by atoms with Crippen molar-refractivity contribution in [2.75, 3.05) is 11.5 Å². The van der Waals surface area contributed by atoms with Gasteiger partial charge in [-0.25, -0.2) is 14.3 Å². The van der Waals surface area contributed by atoms with Gasteiger partial charge in [0, 0.05) is 21.2 Å². The molecule has 8 nitrogen and oxygen atoms in total. The highest BCUT2D eigenvalue weighted by molar-refractivity contribution is 8.00. The number of benzene rings is 1. The molecule has 35 heavy (non-hydrogen) atoms. The molecule has 12 heteroatoms. The number of aromatic nitrogens is 2. The van der Waals surface area contributed by atoms with Crippen LogP contribution in [-0.2, 0) is 20.9 Å². The lowest BCUT2D eigenvalue weighted by atomic mass is 10.0. The minimum absolute atomic E-state index is 0.0135. The number of thioether (sulfide) groups is 2. The number of pyridine rings is 1. The summed E-state index contributed by atoms with van der Waals surface area (Å²) in [6.07, 6.45) is 3.69. The highest BCUT2D eigenvalue weighted by Crippen LogP contribution is 2.40. The Morgan fingerprint density at radius 1 is 1.29 bits per heavy atom. The molecule has 0 spiro atoms. The Morgan fingerprint density at radius 2 is 2.11 bits per heavy atom. The number of aliphatic carboxylic acids is 1. The summed E-state index contributed by atoms with van der Waals surface area (Å²) in [5.74, 6) is -1.46. The summed E-state index contributed by atoms with van der Waals surface area (Å²) in [6, 6.07) is 10.0. The maximum Gasteiger partial charge on any atom is 0.352 e. The van der Waals surface area contributed by atoms with E-state index in [1.165, 1.54) is 28.4 Å². The van der Waals surface area contributed by atoms with Crippen LogP contribution in [0.5, 0.6) is 0 Å². The minimum Gasteiger partial charge on any atom is -0.477 e. The molecule has 2 atom stereocenters. The molecule has 2 aliphatic rings. The van der Waals surface area contributed by atoms with E-state index in [4.69, 9.17) is 23.2 Å². The lowest BCUT2D eigenvalue weighted by Gasteiger charge is -2.49. The number of hydrogen-bond donors (Lipinski definition) is 3. The van der Waals surface area contributed by atoms with Crippen molar-refractivity contribution < 1.29 is 24.1 Å². The first-order chi connectivity index (χ1) is 16.8. The monoisotopic (exact) mass is 549 g/mol. The molecule has 2 amide bonds. The zero-order valence-corrected chi connectivity index (χ0v) is 21.2. The van der Waals surface area contributed by atoms with Gasteiger partial charge in [0.25, 0.3) is 11.6 Å². The van der Waals surface area contributed by atoms with Gasteiger partial charge < -0.3 is 10.4 Å². The molecule has 0 bridgehead atoms. The van der Waals surface area contributed by atoms with Gasteiger partial charge >= 0.3 is 5.97 Å². The van der Waals surface area contributed by atoms with E-state index in [-0.39, 0.29) is 17.4 Å². The van der Waals surface area contributed by atoms with Crippen LogP contribution in [0.25, 0.3) is 11.0 Å². The number of amides is 2. The van der Waals surface area contributed by atoms with E-state index in [1.54, 1.807) is 18.2 Å². The summed E-state index contributed by atoms with van der Waals surface area (Å²) < 4.78 is 1.93. The zero-order valence-electron chi connectivity index (χ0n) is 18.0. The fraction of sp³-hybridized carbons (Fsp3) is 0.217. The average Bonchev–Trinajstić information content (AvgIpc) is 3.32. The predicted molar refractivity (Wildman–Crippen MR) is 135 cm³/mol. The van der Waals surface area contributed by atoms with E-state index in [9.17, 15) is 19.5 Å². The molecule has 2 aliphatic heterocycles. The number of aromatic amines is 1. The Balaban J connectivity index is 1.29. The first-order valence-corrected chi connectivity index (χ1v) is 13.4. The average molecular weight is 550 g/mol. The van der Waals surface area contributed by atoms with E-state index >= 15 is 0 Å². The molecule has 0 unspecified atom stereocenters. The van der Waals surface area contributed by atoms with Crippen LogP contribution in [0.2, 0.25) is 10.0 Å². The zero-order chi connectivity index (χ0) is 24.7. The van der Waals surface area contributed by atoms with Crippen molar-refractivity contribution in [1.29, 1.82) is 0 Å². The Morgan fingerprint density at radius 3 is 2.91 bits per heavy atom. The van der Waals surface area contributed by atoms with Gasteiger partial charge in [0.15, 0.2) is 0 Å². The van der Waals surface area contributed by atoms with Crippen LogP contribution < -0.4 is 9.88 Å². The number of rotatable bonds is 7. The predicted octanol–water partition coefficient (Wildman–Crippen LogP) is 3.29. The summed E-state index contributed by atoms with van der Waals surface area (Å²) >= 11 is 14.8. The Hall–Kier alpha value is -2.66. The number of carboxylic acid groups (broad SMARTS) is 1. The van der Waals surface area contributed by atoms with Gasteiger partial charge in [0.2, 0.25) is 5.91 Å². The van der Waals surface area contributed by atoms with E-state index in [1.807, 2.05) is 35.2 Å². The van der Waals surface area contributed by atoms with Crippen molar-refractivity contribution in [3.8, 4) is 0 Å². The van der Waals surface area contributed by atoms with Crippen molar-refractivity contribution in [3.05, 3.63) is 70.1 Å². The first-order valence-electron chi connectivity index (χ1n) is 10.6. The minimum atomic E-state index is -1.16. The van der Waals surface area contributed by atoms with Gasteiger partial charge in [-0.3, -0.25) is 14.5 Å². The largest absolute Gasteiger partial charge is 0.477 e. The summed E-state index contributed by atoms with van der Waals surface area (Å²) in [6.45, 7) is 0.330. The second-order valence-electron chi connectivity index (χ2n) is 7.99. The molecule has 2 aromatic heterocycles. The summed E-state index contributed by atoms with van der Waals surface area (Å²) in [5, 5.41) is 14.2. The molecule has 180 valence electrons. The molecule has 1 fully saturated rings. The van der Waals surface area contributed by atoms with E-state index in [0.29, 0.717) is 32.8 Å². The third-order valence-corrected chi connectivity index (χ3v) is 8.84.